The minimum atomic E-state index is -3.55. The molecule has 4 aromatic rings. The van der Waals surface area contributed by atoms with Gasteiger partial charge >= 0.3 is 0 Å². The van der Waals surface area contributed by atoms with Crippen molar-refractivity contribution < 1.29 is 8.42 Å². The van der Waals surface area contributed by atoms with Crippen LogP contribution in [0.1, 0.15) is 0 Å². The number of rotatable bonds is 2. The van der Waals surface area contributed by atoms with Crippen molar-refractivity contribution in [2.45, 2.75) is 9.79 Å². The lowest BCUT2D eigenvalue weighted by molar-refractivity contribution is 0.596. The first kappa shape index (κ1) is 12.9. The lowest BCUT2D eigenvalue weighted by atomic mass is 10.3. The van der Waals surface area contributed by atoms with Gasteiger partial charge in [-0.2, -0.15) is 0 Å². The van der Waals surface area contributed by atoms with Crippen LogP contribution < -0.4 is 0 Å². The van der Waals surface area contributed by atoms with Crippen molar-refractivity contribution in [3.63, 3.8) is 0 Å². The molecule has 0 fully saturated rings. The molecule has 2 aromatic heterocycles. The molecule has 0 radical (unpaired) electrons. The first-order valence-corrected chi connectivity index (χ1v) is 9.30. The maximum Gasteiger partial charge on any atom is 0.206 e. The van der Waals surface area contributed by atoms with Crippen LogP contribution in [0.4, 0.5) is 0 Å². The minimum absolute atomic E-state index is 0.260. The van der Waals surface area contributed by atoms with Crippen LogP contribution in [0.5, 0.6) is 0 Å². The van der Waals surface area contributed by atoms with Crippen molar-refractivity contribution in [1.82, 2.24) is 9.97 Å². The Balaban J connectivity index is 1.91. The topological polar surface area (TPSA) is 59.9 Å². The van der Waals surface area contributed by atoms with Gasteiger partial charge in [-0.1, -0.05) is 0 Å². The molecule has 0 aliphatic rings. The SMILES string of the molecule is O=S(=O)(c1ccc2scnc2c1)c1ccc2scnc2c1. The van der Waals surface area contributed by atoms with Crippen LogP contribution in [-0.4, -0.2) is 18.4 Å². The van der Waals surface area contributed by atoms with Crippen molar-refractivity contribution in [2.75, 3.05) is 0 Å². The zero-order chi connectivity index (χ0) is 14.4. The Hall–Kier alpha value is -1.83. The molecule has 0 unspecified atom stereocenters. The van der Waals surface area contributed by atoms with E-state index < -0.39 is 9.84 Å². The maximum atomic E-state index is 12.7. The van der Waals surface area contributed by atoms with Crippen LogP contribution >= 0.6 is 22.7 Å². The molecule has 2 heterocycles. The molecule has 0 atom stereocenters. The van der Waals surface area contributed by atoms with E-state index in [2.05, 4.69) is 9.97 Å². The zero-order valence-corrected chi connectivity index (χ0v) is 13.0. The highest BCUT2D eigenvalue weighted by atomic mass is 32.2. The fourth-order valence-electron chi connectivity index (χ4n) is 2.15. The third-order valence-corrected chi connectivity index (χ3v) is 6.59. The fraction of sp³-hybridized carbons (Fsp3) is 0. The van der Waals surface area contributed by atoms with Crippen LogP contribution in [0, 0.1) is 0 Å². The van der Waals surface area contributed by atoms with E-state index >= 15 is 0 Å². The van der Waals surface area contributed by atoms with E-state index in [9.17, 15) is 8.42 Å². The normalized spacial score (nSPS) is 12.2. The summed E-state index contributed by atoms with van der Waals surface area (Å²) in [5.74, 6) is 0. The Morgan fingerprint density at radius 1 is 0.762 bits per heavy atom. The van der Waals surface area contributed by atoms with Crippen LogP contribution in [0.25, 0.3) is 20.4 Å². The Labute approximate surface area is 128 Å². The summed E-state index contributed by atoms with van der Waals surface area (Å²) in [7, 11) is -3.55. The highest BCUT2D eigenvalue weighted by Gasteiger charge is 2.19. The molecule has 4 nitrogen and oxygen atoms in total. The summed E-state index contributed by atoms with van der Waals surface area (Å²) < 4.78 is 27.4. The van der Waals surface area contributed by atoms with Gasteiger partial charge in [0, 0.05) is 0 Å². The molecule has 0 saturated carbocycles. The molecule has 21 heavy (non-hydrogen) atoms. The molecule has 0 aliphatic carbocycles. The molecule has 0 aliphatic heterocycles. The minimum Gasteiger partial charge on any atom is -0.245 e. The molecule has 4 rings (SSSR count). The average molecular weight is 332 g/mol. The van der Waals surface area contributed by atoms with Gasteiger partial charge in [0.25, 0.3) is 0 Å². The van der Waals surface area contributed by atoms with Gasteiger partial charge in [0.2, 0.25) is 9.84 Å². The van der Waals surface area contributed by atoms with E-state index in [4.69, 9.17) is 0 Å². The van der Waals surface area contributed by atoms with Gasteiger partial charge in [-0.05, 0) is 36.4 Å². The van der Waals surface area contributed by atoms with Gasteiger partial charge in [-0.3, -0.25) is 0 Å². The zero-order valence-electron chi connectivity index (χ0n) is 10.6. The van der Waals surface area contributed by atoms with Crippen LogP contribution in [-0.2, 0) is 9.84 Å². The van der Waals surface area contributed by atoms with Crippen molar-refractivity contribution in [3.05, 3.63) is 47.4 Å². The molecular formula is C14H8N2O2S3. The predicted molar refractivity (Wildman–Crippen MR) is 84.7 cm³/mol. The Bertz CT molecular complexity index is 984. The smallest absolute Gasteiger partial charge is 0.206 e. The molecule has 0 amide bonds. The second-order valence-corrected chi connectivity index (χ2v) is 8.19. The Morgan fingerprint density at radius 2 is 1.24 bits per heavy atom. The average Bonchev–Trinajstić information content (AvgIpc) is 3.14. The molecule has 0 saturated heterocycles. The third-order valence-electron chi connectivity index (χ3n) is 3.22. The standard InChI is InChI=1S/C14H8N2O2S3/c17-21(18,9-1-3-13-11(5-9)15-7-19-13)10-2-4-14-12(6-10)16-8-20-14/h1-8H. The van der Waals surface area contributed by atoms with E-state index in [-0.39, 0.29) is 9.79 Å². The quantitative estimate of drug-likeness (QED) is 0.561. The molecule has 0 bridgehead atoms. The second kappa shape index (κ2) is 4.59. The molecule has 0 N–H and O–H groups in total. The summed E-state index contributed by atoms with van der Waals surface area (Å²) >= 11 is 2.98. The highest BCUT2D eigenvalue weighted by Crippen LogP contribution is 2.28. The largest absolute Gasteiger partial charge is 0.245 e. The second-order valence-electron chi connectivity index (χ2n) is 4.47. The van der Waals surface area contributed by atoms with Crippen LogP contribution in [0.3, 0.4) is 0 Å². The number of sulfone groups is 1. The molecule has 0 spiro atoms. The van der Waals surface area contributed by atoms with Gasteiger partial charge < -0.3 is 0 Å². The van der Waals surface area contributed by atoms with Gasteiger partial charge in [-0.25, -0.2) is 18.4 Å². The molecule has 104 valence electrons. The van der Waals surface area contributed by atoms with Crippen LogP contribution in [0.15, 0.2) is 57.2 Å². The van der Waals surface area contributed by atoms with Gasteiger partial charge in [0.15, 0.2) is 0 Å². The Morgan fingerprint density at radius 3 is 1.71 bits per heavy atom. The number of aromatic nitrogens is 2. The van der Waals surface area contributed by atoms with E-state index in [1.54, 1.807) is 47.4 Å². The van der Waals surface area contributed by atoms with Crippen molar-refractivity contribution in [2.24, 2.45) is 0 Å². The summed E-state index contributed by atoms with van der Waals surface area (Å²) in [6.45, 7) is 0. The number of fused-ring (bicyclic) bond motifs is 2. The number of nitrogens with zero attached hydrogens (tertiary/aromatic N) is 2. The highest BCUT2D eigenvalue weighted by molar-refractivity contribution is 7.91. The third kappa shape index (κ3) is 2.05. The molecular weight excluding hydrogens is 324 g/mol. The van der Waals surface area contributed by atoms with Crippen molar-refractivity contribution >= 4 is 52.9 Å². The number of hydrogen-bond donors (Lipinski definition) is 0. The van der Waals surface area contributed by atoms with Gasteiger partial charge in [0.1, 0.15) is 0 Å². The summed E-state index contributed by atoms with van der Waals surface area (Å²) in [5, 5.41) is 0. The van der Waals surface area contributed by atoms with E-state index in [1.165, 1.54) is 22.7 Å². The van der Waals surface area contributed by atoms with Gasteiger partial charge in [0.05, 0.1) is 41.2 Å². The number of benzene rings is 2. The van der Waals surface area contributed by atoms with Crippen molar-refractivity contribution in [1.29, 1.82) is 0 Å². The summed E-state index contributed by atoms with van der Waals surface area (Å²) in [4.78, 5) is 8.86. The predicted octanol–water partition coefficient (Wildman–Crippen LogP) is 3.74. The maximum absolute atomic E-state index is 12.7. The fourth-order valence-corrected chi connectivity index (χ4v) is 4.76. The van der Waals surface area contributed by atoms with Crippen LogP contribution in [0.2, 0.25) is 0 Å². The van der Waals surface area contributed by atoms with E-state index in [0.717, 1.165) is 9.40 Å². The van der Waals surface area contributed by atoms with E-state index in [0.29, 0.717) is 11.0 Å². The summed E-state index contributed by atoms with van der Waals surface area (Å²) in [6, 6.07) is 10.1. The first-order chi connectivity index (χ1) is 10.1. The molecule has 2 aromatic carbocycles. The number of hydrogen-bond acceptors (Lipinski definition) is 6. The van der Waals surface area contributed by atoms with Crippen molar-refractivity contribution in [3.8, 4) is 0 Å². The summed E-state index contributed by atoms with van der Waals surface area (Å²) in [6.07, 6.45) is 0. The molecule has 7 heteroatoms. The summed E-state index contributed by atoms with van der Waals surface area (Å²) in [5.41, 5.74) is 4.83. The lowest BCUT2D eigenvalue weighted by Gasteiger charge is -2.04. The number of thiazole rings is 2. The lowest BCUT2D eigenvalue weighted by Crippen LogP contribution is -2.01. The van der Waals surface area contributed by atoms with E-state index in [1.807, 2.05) is 0 Å². The Kier molecular flexibility index (Phi) is 2.81. The van der Waals surface area contributed by atoms with Gasteiger partial charge in [-0.15, -0.1) is 22.7 Å². The first-order valence-electron chi connectivity index (χ1n) is 6.06. The monoisotopic (exact) mass is 332 g/mol.